The molecule has 0 aliphatic carbocycles. The number of anilines is 1. The third-order valence-corrected chi connectivity index (χ3v) is 3.61. The molecule has 104 valence electrons. The average molecular weight is 333 g/mol. The normalized spacial score (nSPS) is 11.9. The second-order valence-electron chi connectivity index (χ2n) is 4.88. The third-order valence-electron chi connectivity index (χ3n) is 3.08. The van der Waals surface area contributed by atoms with Crippen molar-refractivity contribution in [1.29, 1.82) is 0 Å². The van der Waals surface area contributed by atoms with E-state index < -0.39 is 0 Å². The van der Waals surface area contributed by atoms with Crippen molar-refractivity contribution in [3.63, 3.8) is 0 Å². The number of carbonyl (C=O) groups excluding carboxylic acids is 1. The van der Waals surface area contributed by atoms with E-state index in [1.54, 1.807) is 6.07 Å². The van der Waals surface area contributed by atoms with Gasteiger partial charge in [0.25, 0.3) is 5.91 Å². The summed E-state index contributed by atoms with van der Waals surface area (Å²) in [6, 6.07) is 13.2. The van der Waals surface area contributed by atoms with Crippen molar-refractivity contribution >= 4 is 27.5 Å². The third kappa shape index (κ3) is 3.61. The minimum atomic E-state index is -0.115. The minimum Gasteiger partial charge on any atom is -0.399 e. The number of rotatable bonds is 3. The van der Waals surface area contributed by atoms with Gasteiger partial charge < -0.3 is 11.1 Å². The number of hydrogen-bond acceptors (Lipinski definition) is 2. The summed E-state index contributed by atoms with van der Waals surface area (Å²) in [7, 11) is 0. The summed E-state index contributed by atoms with van der Waals surface area (Å²) in [5.41, 5.74) is 9.00. The smallest absolute Gasteiger partial charge is 0.251 e. The van der Waals surface area contributed by atoms with E-state index in [1.165, 1.54) is 0 Å². The molecule has 1 amide bonds. The molecule has 0 radical (unpaired) electrons. The zero-order valence-electron chi connectivity index (χ0n) is 11.5. The van der Waals surface area contributed by atoms with Gasteiger partial charge in [-0.15, -0.1) is 0 Å². The summed E-state index contributed by atoms with van der Waals surface area (Å²) < 4.78 is 1.02. The van der Waals surface area contributed by atoms with Crippen LogP contribution in [0, 0.1) is 6.92 Å². The first-order valence-electron chi connectivity index (χ1n) is 6.39. The number of aryl methyl sites for hydroxylation is 1. The van der Waals surface area contributed by atoms with E-state index in [9.17, 15) is 4.79 Å². The Bertz CT molecular complexity index is 603. The number of nitrogens with two attached hydrogens (primary N) is 1. The molecule has 3 nitrogen and oxygen atoms in total. The number of benzene rings is 2. The Balaban J connectivity index is 2.12. The van der Waals surface area contributed by atoms with Gasteiger partial charge in [0, 0.05) is 15.7 Å². The average Bonchev–Trinajstić information content (AvgIpc) is 2.38. The van der Waals surface area contributed by atoms with Crippen LogP contribution in [-0.4, -0.2) is 5.91 Å². The van der Waals surface area contributed by atoms with Crippen molar-refractivity contribution in [2.75, 3.05) is 5.73 Å². The van der Waals surface area contributed by atoms with Gasteiger partial charge >= 0.3 is 0 Å². The highest BCUT2D eigenvalue weighted by atomic mass is 79.9. The molecule has 1 atom stereocenters. The lowest BCUT2D eigenvalue weighted by Gasteiger charge is -2.15. The van der Waals surface area contributed by atoms with Crippen molar-refractivity contribution in [3.05, 3.63) is 63.6 Å². The van der Waals surface area contributed by atoms with E-state index in [-0.39, 0.29) is 11.9 Å². The van der Waals surface area contributed by atoms with E-state index in [2.05, 4.69) is 21.2 Å². The maximum atomic E-state index is 12.2. The zero-order valence-corrected chi connectivity index (χ0v) is 13.1. The van der Waals surface area contributed by atoms with E-state index in [0.29, 0.717) is 11.3 Å². The Labute approximate surface area is 127 Å². The van der Waals surface area contributed by atoms with Crippen LogP contribution in [0.5, 0.6) is 0 Å². The Kier molecular flexibility index (Phi) is 4.45. The fraction of sp³-hybridized carbons (Fsp3) is 0.188. The van der Waals surface area contributed by atoms with E-state index in [1.807, 2.05) is 50.2 Å². The molecule has 0 fully saturated rings. The molecule has 20 heavy (non-hydrogen) atoms. The van der Waals surface area contributed by atoms with Crippen LogP contribution in [0.3, 0.4) is 0 Å². The molecular weight excluding hydrogens is 316 g/mol. The molecular formula is C16H17BrN2O. The highest BCUT2D eigenvalue weighted by Gasteiger charge is 2.12. The summed E-state index contributed by atoms with van der Waals surface area (Å²) in [6.45, 7) is 3.88. The first kappa shape index (κ1) is 14.6. The number of carbonyl (C=O) groups is 1. The molecule has 0 unspecified atom stereocenters. The summed E-state index contributed by atoms with van der Waals surface area (Å²) in [4.78, 5) is 12.2. The summed E-state index contributed by atoms with van der Waals surface area (Å²) in [5, 5.41) is 2.98. The van der Waals surface area contributed by atoms with Gasteiger partial charge in [-0.05, 0) is 55.3 Å². The standard InChI is InChI=1S/C16H17BrN2O/c1-10-7-13(9-15(18)8-10)16(20)19-11(2)12-3-5-14(17)6-4-12/h3-9,11H,18H2,1-2H3,(H,19,20)/t11-/m1/s1. The Morgan fingerprint density at radius 2 is 1.85 bits per heavy atom. The molecule has 4 heteroatoms. The predicted octanol–water partition coefficient (Wildman–Crippen LogP) is 3.83. The lowest BCUT2D eigenvalue weighted by molar-refractivity contribution is 0.0940. The second kappa shape index (κ2) is 6.09. The predicted molar refractivity (Wildman–Crippen MR) is 85.6 cm³/mol. The van der Waals surface area contributed by atoms with Gasteiger partial charge in [-0.25, -0.2) is 0 Å². The first-order chi connectivity index (χ1) is 9.45. The van der Waals surface area contributed by atoms with Crippen LogP contribution in [-0.2, 0) is 0 Å². The second-order valence-corrected chi connectivity index (χ2v) is 5.79. The Hall–Kier alpha value is -1.81. The van der Waals surface area contributed by atoms with Crippen LogP contribution in [0.25, 0.3) is 0 Å². The van der Waals surface area contributed by atoms with Crippen molar-refractivity contribution in [1.82, 2.24) is 5.32 Å². The molecule has 0 aliphatic rings. The van der Waals surface area contributed by atoms with Crippen molar-refractivity contribution < 1.29 is 4.79 Å². The maximum Gasteiger partial charge on any atom is 0.251 e. The molecule has 0 aliphatic heterocycles. The molecule has 2 rings (SSSR count). The van der Waals surface area contributed by atoms with Crippen LogP contribution in [0.2, 0.25) is 0 Å². The molecule has 3 N–H and O–H groups in total. The van der Waals surface area contributed by atoms with E-state index >= 15 is 0 Å². The van der Waals surface area contributed by atoms with Crippen molar-refractivity contribution in [3.8, 4) is 0 Å². The summed E-state index contributed by atoms with van der Waals surface area (Å²) in [6.07, 6.45) is 0. The van der Waals surface area contributed by atoms with Crippen LogP contribution < -0.4 is 11.1 Å². The Morgan fingerprint density at radius 3 is 2.45 bits per heavy atom. The number of amides is 1. The van der Waals surface area contributed by atoms with Gasteiger partial charge in [-0.2, -0.15) is 0 Å². The van der Waals surface area contributed by atoms with Gasteiger partial charge in [0.05, 0.1) is 6.04 Å². The quantitative estimate of drug-likeness (QED) is 0.839. The van der Waals surface area contributed by atoms with Gasteiger partial charge in [0.1, 0.15) is 0 Å². The summed E-state index contributed by atoms with van der Waals surface area (Å²) >= 11 is 3.40. The lowest BCUT2D eigenvalue weighted by Crippen LogP contribution is -2.26. The van der Waals surface area contributed by atoms with Gasteiger partial charge in [-0.3, -0.25) is 4.79 Å². The molecule has 0 bridgehead atoms. The van der Waals surface area contributed by atoms with Crippen LogP contribution in [0.1, 0.15) is 34.5 Å². The van der Waals surface area contributed by atoms with Crippen molar-refractivity contribution in [2.24, 2.45) is 0 Å². The number of hydrogen-bond donors (Lipinski definition) is 2. The fourth-order valence-electron chi connectivity index (χ4n) is 2.06. The van der Waals surface area contributed by atoms with E-state index in [0.717, 1.165) is 15.6 Å². The van der Waals surface area contributed by atoms with Crippen LogP contribution in [0.15, 0.2) is 46.9 Å². The zero-order chi connectivity index (χ0) is 14.7. The highest BCUT2D eigenvalue weighted by molar-refractivity contribution is 9.10. The van der Waals surface area contributed by atoms with Crippen LogP contribution >= 0.6 is 15.9 Å². The maximum absolute atomic E-state index is 12.2. The molecule has 0 saturated heterocycles. The van der Waals surface area contributed by atoms with Gasteiger partial charge in [0.2, 0.25) is 0 Å². The lowest BCUT2D eigenvalue weighted by atomic mass is 10.1. The molecule has 2 aromatic rings. The first-order valence-corrected chi connectivity index (χ1v) is 7.18. The molecule has 0 saturated carbocycles. The van der Waals surface area contributed by atoms with Crippen molar-refractivity contribution in [2.45, 2.75) is 19.9 Å². The Morgan fingerprint density at radius 1 is 1.20 bits per heavy atom. The largest absolute Gasteiger partial charge is 0.399 e. The number of halogens is 1. The molecule has 0 heterocycles. The minimum absolute atomic E-state index is 0.0580. The molecule has 0 aromatic heterocycles. The monoisotopic (exact) mass is 332 g/mol. The topological polar surface area (TPSA) is 55.1 Å². The summed E-state index contributed by atoms with van der Waals surface area (Å²) in [5.74, 6) is -0.115. The number of nitrogens with one attached hydrogen (secondary N) is 1. The van der Waals surface area contributed by atoms with E-state index in [4.69, 9.17) is 5.73 Å². The van der Waals surface area contributed by atoms with Crippen LogP contribution in [0.4, 0.5) is 5.69 Å². The fourth-order valence-corrected chi connectivity index (χ4v) is 2.32. The molecule has 0 spiro atoms. The SMILES string of the molecule is Cc1cc(N)cc(C(=O)N[C@H](C)c2ccc(Br)cc2)c1. The van der Waals surface area contributed by atoms with Gasteiger partial charge in [-0.1, -0.05) is 28.1 Å². The van der Waals surface area contributed by atoms with Gasteiger partial charge in [0.15, 0.2) is 0 Å². The highest BCUT2D eigenvalue weighted by Crippen LogP contribution is 2.18. The molecule has 2 aromatic carbocycles. The number of nitrogen functional groups attached to an aromatic ring is 1.